The Labute approximate surface area is 87.5 Å². The fraction of sp³-hybridized carbons (Fsp3) is 0. The SMILES string of the molecule is NC([Se])=Nc1nc2ccccc2s1. The third-order valence-electron chi connectivity index (χ3n) is 1.49. The number of fused-ring (bicyclic) bond motifs is 1. The molecule has 13 heavy (non-hydrogen) atoms. The molecule has 0 aliphatic rings. The number of aliphatic imine (C=N–C) groups is 1. The Kier molecular flexibility index (Phi) is 2.31. The molecule has 0 saturated heterocycles. The molecule has 1 aromatic carbocycles. The molecule has 0 aliphatic heterocycles. The zero-order chi connectivity index (χ0) is 9.26. The number of para-hydroxylation sites is 1. The molecule has 0 aliphatic carbocycles. The predicted octanol–water partition coefficient (Wildman–Crippen LogP) is 1.41. The summed E-state index contributed by atoms with van der Waals surface area (Å²) in [5, 5.41) is 0.692. The Morgan fingerprint density at radius 3 is 2.92 bits per heavy atom. The Morgan fingerprint density at radius 1 is 1.46 bits per heavy atom. The van der Waals surface area contributed by atoms with Crippen molar-refractivity contribution >= 4 is 47.4 Å². The van der Waals surface area contributed by atoms with Gasteiger partial charge in [0.15, 0.2) is 0 Å². The number of benzene rings is 1. The van der Waals surface area contributed by atoms with Gasteiger partial charge < -0.3 is 0 Å². The van der Waals surface area contributed by atoms with Crippen LogP contribution in [0.2, 0.25) is 0 Å². The van der Waals surface area contributed by atoms with Gasteiger partial charge in [-0.25, -0.2) is 0 Å². The first-order chi connectivity index (χ1) is 6.25. The van der Waals surface area contributed by atoms with Gasteiger partial charge in [0.25, 0.3) is 0 Å². The molecule has 0 unspecified atom stereocenters. The van der Waals surface area contributed by atoms with Crippen LogP contribution in [0.25, 0.3) is 10.2 Å². The van der Waals surface area contributed by atoms with Crippen molar-refractivity contribution in [1.82, 2.24) is 4.98 Å². The van der Waals surface area contributed by atoms with E-state index in [0.717, 1.165) is 10.2 Å². The average Bonchev–Trinajstić information content (AvgIpc) is 2.44. The van der Waals surface area contributed by atoms with E-state index in [2.05, 4.69) is 26.0 Å². The second-order valence-corrected chi connectivity index (χ2v) is 4.30. The number of hydrogen-bond acceptors (Lipinski definition) is 3. The van der Waals surface area contributed by atoms with Gasteiger partial charge in [0.2, 0.25) is 0 Å². The van der Waals surface area contributed by atoms with Gasteiger partial charge in [-0.2, -0.15) is 0 Å². The molecule has 0 spiro atoms. The Balaban J connectivity index is 2.56. The summed E-state index contributed by atoms with van der Waals surface area (Å²) in [6, 6.07) is 7.91. The summed E-state index contributed by atoms with van der Waals surface area (Å²) in [6.45, 7) is 0. The fourth-order valence-electron chi connectivity index (χ4n) is 1.00. The van der Waals surface area contributed by atoms with Crippen molar-refractivity contribution < 1.29 is 0 Å². The van der Waals surface area contributed by atoms with Crippen LogP contribution in [0.3, 0.4) is 0 Å². The number of aromatic nitrogens is 1. The molecule has 2 aromatic rings. The molecule has 0 atom stereocenters. The van der Waals surface area contributed by atoms with Crippen LogP contribution >= 0.6 is 11.3 Å². The summed E-state index contributed by atoms with van der Waals surface area (Å²) in [5.41, 5.74) is 6.37. The van der Waals surface area contributed by atoms with Gasteiger partial charge in [0, 0.05) is 0 Å². The monoisotopic (exact) mass is 256 g/mol. The van der Waals surface area contributed by atoms with Crippen LogP contribution in [0, 0.1) is 0 Å². The van der Waals surface area contributed by atoms with Crippen molar-refractivity contribution in [1.29, 1.82) is 0 Å². The van der Waals surface area contributed by atoms with Crippen molar-refractivity contribution in [3.8, 4) is 0 Å². The quantitative estimate of drug-likeness (QED) is 0.476. The maximum absolute atomic E-state index is 5.41. The molecule has 1 aromatic heterocycles. The second kappa shape index (κ2) is 3.46. The molecule has 1 heterocycles. The number of hydrogen-bond donors (Lipinski definition) is 1. The molecule has 0 amide bonds. The van der Waals surface area contributed by atoms with E-state index in [1.54, 1.807) is 0 Å². The van der Waals surface area contributed by atoms with Crippen molar-refractivity contribution in [3.63, 3.8) is 0 Å². The molecule has 65 valence electrons. The van der Waals surface area contributed by atoms with E-state index >= 15 is 0 Å². The van der Waals surface area contributed by atoms with E-state index in [1.165, 1.54) is 11.3 Å². The van der Waals surface area contributed by atoms with Crippen molar-refractivity contribution in [2.75, 3.05) is 0 Å². The minimum absolute atomic E-state index is 0.416. The zero-order valence-corrected chi connectivity index (χ0v) is 9.13. The van der Waals surface area contributed by atoms with Crippen LogP contribution in [-0.2, 0) is 0 Å². The van der Waals surface area contributed by atoms with E-state index < -0.39 is 0 Å². The molecule has 0 saturated carbocycles. The minimum atomic E-state index is 0.416. The topological polar surface area (TPSA) is 51.3 Å². The van der Waals surface area contributed by atoms with Gasteiger partial charge in [-0.05, 0) is 0 Å². The summed E-state index contributed by atoms with van der Waals surface area (Å²) >= 11 is 4.15. The Bertz CT molecular complexity index is 426. The van der Waals surface area contributed by atoms with Crippen LogP contribution in [-0.4, -0.2) is 25.7 Å². The van der Waals surface area contributed by atoms with Crippen molar-refractivity contribution in [3.05, 3.63) is 24.3 Å². The maximum atomic E-state index is 5.41. The summed E-state index contributed by atoms with van der Waals surface area (Å²) in [5.74, 6) is 0. The summed E-state index contributed by atoms with van der Waals surface area (Å²) in [6.07, 6.45) is 0. The van der Waals surface area contributed by atoms with Gasteiger partial charge >= 0.3 is 87.4 Å². The first-order valence-corrected chi connectivity index (χ1v) is 5.30. The van der Waals surface area contributed by atoms with Gasteiger partial charge in [0.1, 0.15) is 0 Å². The van der Waals surface area contributed by atoms with Gasteiger partial charge in [-0.3, -0.25) is 0 Å². The third kappa shape index (κ3) is 1.88. The van der Waals surface area contributed by atoms with E-state index in [0.29, 0.717) is 9.87 Å². The average molecular weight is 255 g/mol. The Morgan fingerprint density at radius 2 is 2.23 bits per heavy atom. The first-order valence-electron chi connectivity index (χ1n) is 3.62. The number of nitrogens with two attached hydrogens (primary N) is 1. The van der Waals surface area contributed by atoms with Gasteiger partial charge in [0.05, 0.1) is 0 Å². The molecule has 1 radical (unpaired) electrons. The van der Waals surface area contributed by atoms with E-state index in [-0.39, 0.29) is 0 Å². The molecular formula is C8H6N3SSe. The number of thiazole rings is 1. The Hall–Kier alpha value is -0.901. The van der Waals surface area contributed by atoms with Crippen LogP contribution < -0.4 is 5.73 Å². The molecule has 0 fully saturated rings. The molecular weight excluding hydrogens is 249 g/mol. The van der Waals surface area contributed by atoms with Gasteiger partial charge in [-0.15, -0.1) is 0 Å². The zero-order valence-electron chi connectivity index (χ0n) is 6.60. The first kappa shape index (κ1) is 8.69. The van der Waals surface area contributed by atoms with Crippen LogP contribution in [0.1, 0.15) is 0 Å². The predicted molar refractivity (Wildman–Crippen MR) is 56.7 cm³/mol. The van der Waals surface area contributed by atoms with E-state index in [1.807, 2.05) is 24.3 Å². The van der Waals surface area contributed by atoms with Crippen molar-refractivity contribution in [2.24, 2.45) is 10.7 Å². The summed E-state index contributed by atoms with van der Waals surface area (Å²) < 4.78 is 1.54. The van der Waals surface area contributed by atoms with Crippen LogP contribution in [0.15, 0.2) is 29.3 Å². The standard InChI is InChI=1S/C8H6N3SSe/c9-7(13)11-8-10-5-3-1-2-4-6(5)12-8/h1-4H,(H2,9,10,11). The number of nitrogens with zero attached hydrogens (tertiary/aromatic N) is 2. The molecule has 0 bridgehead atoms. The van der Waals surface area contributed by atoms with E-state index in [9.17, 15) is 0 Å². The fourth-order valence-corrected chi connectivity index (χ4v) is 2.16. The molecule has 5 heteroatoms. The molecule has 2 N–H and O–H groups in total. The summed E-state index contributed by atoms with van der Waals surface area (Å²) in [4.78, 5) is 8.33. The molecule has 2 rings (SSSR count). The van der Waals surface area contributed by atoms with Gasteiger partial charge in [-0.1, -0.05) is 0 Å². The van der Waals surface area contributed by atoms with E-state index in [4.69, 9.17) is 5.73 Å². The van der Waals surface area contributed by atoms with Crippen LogP contribution in [0.5, 0.6) is 0 Å². The number of amidine groups is 1. The summed E-state index contributed by atoms with van der Waals surface area (Å²) in [7, 11) is 0. The molecule has 3 nitrogen and oxygen atoms in total. The van der Waals surface area contributed by atoms with Crippen molar-refractivity contribution in [2.45, 2.75) is 0 Å². The normalized spacial score (nSPS) is 12.2. The third-order valence-corrected chi connectivity index (χ3v) is 2.61. The van der Waals surface area contributed by atoms with Crippen LogP contribution in [0.4, 0.5) is 5.13 Å². The second-order valence-electron chi connectivity index (χ2n) is 2.41. The number of rotatable bonds is 1.